The number of para-hydroxylation sites is 1. The number of carbonyl (C=O) groups excluding carboxylic acids is 2. The van der Waals surface area contributed by atoms with Gasteiger partial charge in [-0.25, -0.2) is 0 Å². The number of anilines is 2. The molecule has 1 aliphatic heterocycles. The van der Waals surface area contributed by atoms with Gasteiger partial charge < -0.3 is 15.3 Å². The van der Waals surface area contributed by atoms with Gasteiger partial charge in [0.05, 0.1) is 11.7 Å². The van der Waals surface area contributed by atoms with Crippen LogP contribution in [0, 0.1) is 0 Å². The quantitative estimate of drug-likeness (QED) is 0.795. The minimum atomic E-state index is -0.285. The molecule has 6 nitrogen and oxygen atoms in total. The summed E-state index contributed by atoms with van der Waals surface area (Å²) in [5.74, 6) is 0.0800. The molecule has 0 aromatic heterocycles. The number of Topliss-reactive ketones (excluding diaryl/α,β-unsaturated/α-hetero) is 1. The highest BCUT2D eigenvalue weighted by atomic mass is 16.3. The van der Waals surface area contributed by atoms with Crippen LogP contribution in [-0.4, -0.2) is 53.9 Å². The Bertz CT molecular complexity index is 812. The largest absolute Gasteiger partial charge is 0.508 e. The molecule has 3 rings (SSSR count). The van der Waals surface area contributed by atoms with E-state index in [2.05, 4.69) is 15.1 Å². The molecule has 0 unspecified atom stereocenters. The number of rotatable bonds is 5. The Hall–Kier alpha value is -2.86. The first-order valence-corrected chi connectivity index (χ1v) is 9.14. The lowest BCUT2D eigenvalue weighted by Crippen LogP contribution is -2.52. The third-order valence-electron chi connectivity index (χ3n) is 5.02. The first-order valence-electron chi connectivity index (χ1n) is 9.14. The molecule has 1 fully saturated rings. The third kappa shape index (κ3) is 4.46. The first-order chi connectivity index (χ1) is 13.0. The molecule has 0 spiro atoms. The molecule has 0 aliphatic carbocycles. The maximum atomic E-state index is 12.7. The molecule has 6 heteroatoms. The monoisotopic (exact) mass is 367 g/mol. The lowest BCUT2D eigenvalue weighted by molar-refractivity contribution is -0.120. The van der Waals surface area contributed by atoms with E-state index in [-0.39, 0.29) is 23.5 Å². The number of nitrogens with one attached hydrogen (secondary N) is 1. The molecule has 1 saturated heterocycles. The highest BCUT2D eigenvalue weighted by molar-refractivity contribution is 6.04. The Balaban J connectivity index is 1.59. The van der Waals surface area contributed by atoms with Crippen LogP contribution in [0.3, 0.4) is 0 Å². The predicted octanol–water partition coefficient (Wildman–Crippen LogP) is 2.74. The van der Waals surface area contributed by atoms with Gasteiger partial charge in [0.25, 0.3) is 0 Å². The molecular formula is C21H25N3O3. The average Bonchev–Trinajstić information content (AvgIpc) is 2.68. The van der Waals surface area contributed by atoms with Crippen LogP contribution >= 0.6 is 0 Å². The van der Waals surface area contributed by atoms with Gasteiger partial charge in [0.1, 0.15) is 5.75 Å². The van der Waals surface area contributed by atoms with Crippen molar-refractivity contribution in [3.63, 3.8) is 0 Å². The number of carbonyl (C=O) groups is 2. The van der Waals surface area contributed by atoms with Gasteiger partial charge in [-0.1, -0.05) is 12.1 Å². The molecule has 2 aromatic rings. The number of hydrogen-bond donors (Lipinski definition) is 2. The zero-order chi connectivity index (χ0) is 19.4. The fourth-order valence-electron chi connectivity index (χ4n) is 3.33. The van der Waals surface area contributed by atoms with E-state index in [0.717, 1.165) is 31.9 Å². The number of hydrogen-bond acceptors (Lipinski definition) is 5. The summed E-state index contributed by atoms with van der Waals surface area (Å²) >= 11 is 0. The van der Waals surface area contributed by atoms with E-state index in [4.69, 9.17) is 0 Å². The van der Waals surface area contributed by atoms with E-state index in [1.54, 1.807) is 30.3 Å². The number of phenols is 1. The number of amides is 1. The molecule has 1 atom stereocenters. The number of nitrogens with zero attached hydrogens (tertiary/aromatic N) is 2. The Morgan fingerprint density at radius 3 is 2.26 bits per heavy atom. The van der Waals surface area contributed by atoms with Gasteiger partial charge in [-0.3, -0.25) is 14.5 Å². The molecule has 1 heterocycles. The highest BCUT2D eigenvalue weighted by Gasteiger charge is 2.26. The summed E-state index contributed by atoms with van der Waals surface area (Å²) in [5, 5.41) is 12.3. The molecule has 27 heavy (non-hydrogen) atoms. The molecular weight excluding hydrogens is 342 g/mol. The maximum absolute atomic E-state index is 12.7. The van der Waals surface area contributed by atoms with Gasteiger partial charge >= 0.3 is 0 Å². The summed E-state index contributed by atoms with van der Waals surface area (Å²) < 4.78 is 0. The topological polar surface area (TPSA) is 72.9 Å². The van der Waals surface area contributed by atoms with Crippen LogP contribution in [0.5, 0.6) is 5.75 Å². The summed E-state index contributed by atoms with van der Waals surface area (Å²) in [6.07, 6.45) is 0. The Kier molecular flexibility index (Phi) is 5.76. The van der Waals surface area contributed by atoms with Gasteiger partial charge in [0, 0.05) is 37.4 Å². The maximum Gasteiger partial charge on any atom is 0.241 e. The second-order valence-corrected chi connectivity index (χ2v) is 6.81. The molecule has 2 aromatic carbocycles. The minimum Gasteiger partial charge on any atom is -0.508 e. The summed E-state index contributed by atoms with van der Waals surface area (Å²) in [6, 6.07) is 14.0. The average molecular weight is 367 g/mol. The summed E-state index contributed by atoms with van der Waals surface area (Å²) in [4.78, 5) is 28.8. The summed E-state index contributed by atoms with van der Waals surface area (Å²) in [6.45, 7) is 6.55. The minimum absolute atomic E-state index is 0.0685. The van der Waals surface area contributed by atoms with E-state index in [1.807, 2.05) is 25.1 Å². The molecule has 1 amide bonds. The molecule has 1 aliphatic rings. The van der Waals surface area contributed by atoms with Crippen molar-refractivity contribution >= 4 is 23.1 Å². The molecule has 0 radical (unpaired) electrons. The Morgan fingerprint density at radius 1 is 1.00 bits per heavy atom. The number of phenolic OH excluding ortho intramolecular Hbond substituents is 1. The van der Waals surface area contributed by atoms with Crippen molar-refractivity contribution in [3.05, 3.63) is 54.1 Å². The van der Waals surface area contributed by atoms with Crippen molar-refractivity contribution < 1.29 is 14.7 Å². The fourth-order valence-corrected chi connectivity index (χ4v) is 3.33. The van der Waals surface area contributed by atoms with Crippen molar-refractivity contribution in [1.82, 2.24) is 4.90 Å². The van der Waals surface area contributed by atoms with Gasteiger partial charge in [0.15, 0.2) is 5.78 Å². The van der Waals surface area contributed by atoms with E-state index in [0.29, 0.717) is 11.3 Å². The first kappa shape index (κ1) is 18.9. The zero-order valence-corrected chi connectivity index (χ0v) is 15.7. The van der Waals surface area contributed by atoms with Gasteiger partial charge in [-0.05, 0) is 50.2 Å². The van der Waals surface area contributed by atoms with E-state index < -0.39 is 0 Å². The second-order valence-electron chi connectivity index (χ2n) is 6.81. The van der Waals surface area contributed by atoms with Crippen LogP contribution in [-0.2, 0) is 4.79 Å². The van der Waals surface area contributed by atoms with Crippen molar-refractivity contribution in [3.8, 4) is 5.75 Å². The van der Waals surface area contributed by atoms with Gasteiger partial charge in [-0.15, -0.1) is 0 Å². The Labute approximate surface area is 159 Å². The lowest BCUT2D eigenvalue weighted by atomic mass is 10.1. The second kappa shape index (κ2) is 8.22. The van der Waals surface area contributed by atoms with E-state index in [1.165, 1.54) is 6.92 Å². The van der Waals surface area contributed by atoms with Crippen molar-refractivity contribution in [2.24, 2.45) is 0 Å². The standard InChI is InChI=1S/C21H25N3O3/c1-15(21(27)22-20-6-4-3-5-19(20)16(2)25)23-11-13-24(14-12-23)17-7-9-18(26)10-8-17/h3-10,15,26H,11-14H2,1-2H3,(H,22,27)/t15-/m1/s1. The van der Waals surface area contributed by atoms with Crippen molar-refractivity contribution in [2.75, 3.05) is 36.4 Å². The predicted molar refractivity (Wildman–Crippen MR) is 106 cm³/mol. The number of ketones is 1. The Morgan fingerprint density at radius 2 is 1.63 bits per heavy atom. The SMILES string of the molecule is CC(=O)c1ccccc1NC(=O)[C@@H](C)N1CCN(c2ccc(O)cc2)CC1. The van der Waals surface area contributed by atoms with E-state index in [9.17, 15) is 14.7 Å². The van der Waals surface area contributed by atoms with E-state index >= 15 is 0 Å². The number of benzene rings is 2. The van der Waals surface area contributed by atoms with Gasteiger partial charge in [0.2, 0.25) is 5.91 Å². The van der Waals surface area contributed by atoms with Gasteiger partial charge in [-0.2, -0.15) is 0 Å². The molecule has 0 bridgehead atoms. The molecule has 0 saturated carbocycles. The van der Waals surface area contributed by atoms with Crippen LogP contribution in [0.15, 0.2) is 48.5 Å². The number of piperazine rings is 1. The molecule has 2 N–H and O–H groups in total. The van der Waals surface area contributed by atoms with Crippen molar-refractivity contribution in [2.45, 2.75) is 19.9 Å². The summed E-state index contributed by atoms with van der Waals surface area (Å²) in [7, 11) is 0. The van der Waals surface area contributed by atoms with Crippen LogP contribution in [0.4, 0.5) is 11.4 Å². The van der Waals surface area contributed by atoms with Crippen LogP contribution < -0.4 is 10.2 Å². The zero-order valence-electron chi connectivity index (χ0n) is 15.7. The lowest BCUT2D eigenvalue weighted by Gasteiger charge is -2.38. The van der Waals surface area contributed by atoms with Crippen LogP contribution in [0.2, 0.25) is 0 Å². The highest BCUT2D eigenvalue weighted by Crippen LogP contribution is 2.21. The third-order valence-corrected chi connectivity index (χ3v) is 5.02. The van der Waals surface area contributed by atoms with Crippen molar-refractivity contribution in [1.29, 1.82) is 0 Å². The number of aromatic hydroxyl groups is 1. The smallest absolute Gasteiger partial charge is 0.241 e. The fraction of sp³-hybridized carbons (Fsp3) is 0.333. The van der Waals surface area contributed by atoms with Crippen LogP contribution in [0.1, 0.15) is 24.2 Å². The molecule has 142 valence electrons. The van der Waals surface area contributed by atoms with Crippen LogP contribution in [0.25, 0.3) is 0 Å². The summed E-state index contributed by atoms with van der Waals surface area (Å²) in [5.41, 5.74) is 2.15. The normalized spacial score (nSPS) is 16.0.